The average Bonchev–Trinajstić information content (AvgIpc) is 2.68. The van der Waals surface area contributed by atoms with Gasteiger partial charge in [0.15, 0.2) is 16.6 Å². The first-order valence-corrected chi connectivity index (χ1v) is 10.0. The lowest BCUT2D eigenvalue weighted by molar-refractivity contribution is -0.122. The molecule has 0 saturated carbocycles. The molecule has 0 atom stereocenters. The maximum atomic E-state index is 13.2. The molecule has 1 aliphatic rings. The Hall–Kier alpha value is -2.90. The average molecular weight is 445 g/mol. The van der Waals surface area contributed by atoms with Crippen molar-refractivity contribution in [3.05, 3.63) is 58.1 Å². The molecule has 1 saturated heterocycles. The molecule has 6 nitrogen and oxygen atoms in total. The van der Waals surface area contributed by atoms with Crippen LogP contribution in [0.5, 0.6) is 11.5 Å². The molecule has 0 unspecified atom stereocenters. The molecule has 30 heavy (non-hydrogen) atoms. The van der Waals surface area contributed by atoms with Crippen LogP contribution < -0.4 is 19.7 Å². The number of amides is 2. The van der Waals surface area contributed by atoms with Crippen LogP contribution >= 0.6 is 23.8 Å². The number of hydrogen-bond acceptors (Lipinski definition) is 5. The van der Waals surface area contributed by atoms with Crippen LogP contribution in [-0.4, -0.2) is 30.1 Å². The summed E-state index contributed by atoms with van der Waals surface area (Å²) in [7, 11) is 1.53. The number of anilines is 1. The number of aryl methyl sites for hydroxylation is 1. The fourth-order valence-corrected chi connectivity index (χ4v) is 3.39. The molecule has 156 valence electrons. The molecular weight excluding hydrogens is 424 g/mol. The smallest absolute Gasteiger partial charge is 0.270 e. The van der Waals surface area contributed by atoms with Gasteiger partial charge in [0.05, 0.1) is 18.9 Å². The van der Waals surface area contributed by atoms with Gasteiger partial charge in [0.1, 0.15) is 5.57 Å². The highest BCUT2D eigenvalue weighted by Gasteiger charge is 2.35. The first-order chi connectivity index (χ1) is 14.2. The van der Waals surface area contributed by atoms with Gasteiger partial charge < -0.3 is 9.47 Å². The summed E-state index contributed by atoms with van der Waals surface area (Å²) in [6, 6.07) is 10.4. The Bertz CT molecular complexity index is 1070. The summed E-state index contributed by atoms with van der Waals surface area (Å²) >= 11 is 11.4. The van der Waals surface area contributed by atoms with E-state index in [0.717, 1.165) is 5.56 Å². The Morgan fingerprint density at radius 1 is 1.20 bits per heavy atom. The van der Waals surface area contributed by atoms with Crippen molar-refractivity contribution < 1.29 is 19.1 Å². The van der Waals surface area contributed by atoms with Crippen LogP contribution in [-0.2, 0) is 9.59 Å². The molecule has 1 aliphatic heterocycles. The molecule has 0 bridgehead atoms. The topological polar surface area (TPSA) is 67.9 Å². The molecular formula is C22H21ClN2O4S. The van der Waals surface area contributed by atoms with E-state index >= 15 is 0 Å². The Labute approximate surface area is 185 Å². The molecule has 0 spiro atoms. The van der Waals surface area contributed by atoms with Crippen molar-refractivity contribution in [1.82, 2.24) is 5.32 Å². The zero-order valence-corrected chi connectivity index (χ0v) is 18.6. The van der Waals surface area contributed by atoms with E-state index in [-0.39, 0.29) is 16.8 Å². The maximum absolute atomic E-state index is 13.2. The highest BCUT2D eigenvalue weighted by Crippen LogP contribution is 2.34. The number of carbonyl (C=O) groups is 2. The van der Waals surface area contributed by atoms with Crippen molar-refractivity contribution in [3.8, 4) is 11.5 Å². The van der Waals surface area contributed by atoms with Gasteiger partial charge in [-0.1, -0.05) is 29.8 Å². The highest BCUT2D eigenvalue weighted by atomic mass is 35.5. The minimum absolute atomic E-state index is 0.00799. The SMILES string of the molecule is COc1cccc(/C=C2\C(=O)NC(=S)N(c3ccc(C)c(Cl)c3)C2=O)c1OC(C)C. The summed E-state index contributed by atoms with van der Waals surface area (Å²) in [6.45, 7) is 5.61. The monoisotopic (exact) mass is 444 g/mol. The normalized spacial score (nSPS) is 15.6. The summed E-state index contributed by atoms with van der Waals surface area (Å²) in [5, 5.41) is 3.05. The number of nitrogens with one attached hydrogen (secondary N) is 1. The largest absolute Gasteiger partial charge is 0.493 e. The zero-order valence-electron chi connectivity index (χ0n) is 17.0. The van der Waals surface area contributed by atoms with Crippen molar-refractivity contribution in [3.63, 3.8) is 0 Å². The number of halogens is 1. The molecule has 1 fully saturated rings. The molecule has 2 aromatic carbocycles. The molecule has 0 aromatic heterocycles. The van der Waals surface area contributed by atoms with Crippen molar-refractivity contribution in [2.24, 2.45) is 0 Å². The van der Waals surface area contributed by atoms with Crippen molar-refractivity contribution >= 4 is 52.5 Å². The first-order valence-electron chi connectivity index (χ1n) is 9.24. The van der Waals surface area contributed by atoms with Crippen molar-refractivity contribution in [1.29, 1.82) is 0 Å². The Balaban J connectivity index is 2.08. The van der Waals surface area contributed by atoms with E-state index in [1.807, 2.05) is 20.8 Å². The second-order valence-corrected chi connectivity index (χ2v) is 7.73. The first kappa shape index (κ1) is 21.8. The van der Waals surface area contributed by atoms with E-state index in [1.54, 1.807) is 36.4 Å². The van der Waals surface area contributed by atoms with Gasteiger partial charge in [-0.3, -0.25) is 19.8 Å². The van der Waals surface area contributed by atoms with Crippen LogP contribution in [0.1, 0.15) is 25.0 Å². The summed E-state index contributed by atoms with van der Waals surface area (Å²) in [5.41, 5.74) is 1.79. The van der Waals surface area contributed by atoms with Crippen LogP contribution in [0.25, 0.3) is 6.08 Å². The molecule has 0 aliphatic carbocycles. The lowest BCUT2D eigenvalue weighted by Crippen LogP contribution is -2.54. The second-order valence-electron chi connectivity index (χ2n) is 6.94. The Kier molecular flexibility index (Phi) is 6.43. The van der Waals surface area contributed by atoms with Gasteiger partial charge in [-0.05, 0) is 62.8 Å². The fraction of sp³-hybridized carbons (Fsp3) is 0.227. The van der Waals surface area contributed by atoms with Crippen molar-refractivity contribution in [2.75, 3.05) is 12.0 Å². The summed E-state index contributed by atoms with van der Waals surface area (Å²) < 4.78 is 11.2. The lowest BCUT2D eigenvalue weighted by Gasteiger charge is -2.29. The van der Waals surface area contributed by atoms with Gasteiger partial charge in [-0.15, -0.1) is 0 Å². The number of para-hydroxylation sites is 1. The third kappa shape index (κ3) is 4.32. The van der Waals surface area contributed by atoms with Gasteiger partial charge in [0.25, 0.3) is 11.8 Å². The maximum Gasteiger partial charge on any atom is 0.270 e. The van der Waals surface area contributed by atoms with E-state index in [2.05, 4.69) is 5.32 Å². The van der Waals surface area contributed by atoms with E-state index in [9.17, 15) is 9.59 Å². The van der Waals surface area contributed by atoms with E-state index in [1.165, 1.54) is 18.1 Å². The molecule has 3 rings (SSSR count). The van der Waals surface area contributed by atoms with E-state index < -0.39 is 11.8 Å². The Morgan fingerprint density at radius 2 is 1.93 bits per heavy atom. The predicted molar refractivity (Wildman–Crippen MR) is 121 cm³/mol. The van der Waals surface area contributed by atoms with Crippen molar-refractivity contribution in [2.45, 2.75) is 26.9 Å². The van der Waals surface area contributed by atoms with Gasteiger partial charge in [-0.2, -0.15) is 0 Å². The van der Waals surface area contributed by atoms with Crippen LogP contribution in [0.4, 0.5) is 5.69 Å². The predicted octanol–water partition coefficient (Wildman–Crippen LogP) is 4.28. The summed E-state index contributed by atoms with van der Waals surface area (Å²) in [4.78, 5) is 27.1. The molecule has 8 heteroatoms. The molecule has 1 N–H and O–H groups in total. The second kappa shape index (κ2) is 8.85. The molecule has 1 heterocycles. The molecule has 2 aromatic rings. The van der Waals surface area contributed by atoms with E-state index in [0.29, 0.717) is 27.8 Å². The minimum Gasteiger partial charge on any atom is -0.493 e. The Morgan fingerprint density at radius 3 is 2.57 bits per heavy atom. The molecule has 0 radical (unpaired) electrons. The highest BCUT2D eigenvalue weighted by molar-refractivity contribution is 7.80. The summed E-state index contributed by atoms with van der Waals surface area (Å²) in [5.74, 6) is -0.194. The van der Waals surface area contributed by atoms with Gasteiger partial charge >= 0.3 is 0 Å². The fourth-order valence-electron chi connectivity index (χ4n) is 2.94. The minimum atomic E-state index is -0.585. The zero-order chi connectivity index (χ0) is 22.0. The number of benzene rings is 2. The van der Waals surface area contributed by atoms with Gasteiger partial charge in [0.2, 0.25) is 0 Å². The third-order valence-corrected chi connectivity index (χ3v) is 5.09. The number of carbonyl (C=O) groups excluding carboxylic acids is 2. The number of rotatable bonds is 5. The van der Waals surface area contributed by atoms with Crippen LogP contribution in [0.2, 0.25) is 5.02 Å². The number of nitrogens with zero attached hydrogens (tertiary/aromatic N) is 1. The number of methoxy groups -OCH3 is 1. The van der Waals surface area contributed by atoms with E-state index in [4.69, 9.17) is 33.3 Å². The van der Waals surface area contributed by atoms with Crippen LogP contribution in [0.3, 0.4) is 0 Å². The summed E-state index contributed by atoms with van der Waals surface area (Å²) in [6.07, 6.45) is 1.34. The number of hydrogen-bond donors (Lipinski definition) is 1. The third-order valence-electron chi connectivity index (χ3n) is 4.40. The standard InChI is InChI=1S/C22H21ClN2O4S/c1-12(2)29-19-14(6-5-7-18(19)28-4)10-16-20(26)24-22(30)25(21(16)27)15-9-8-13(3)17(23)11-15/h5-12H,1-4H3,(H,24,26,30)/b16-10+. The number of ether oxygens (including phenoxy) is 2. The molecule has 2 amide bonds. The lowest BCUT2D eigenvalue weighted by atomic mass is 10.1. The van der Waals surface area contributed by atoms with Crippen LogP contribution in [0.15, 0.2) is 42.0 Å². The van der Waals surface area contributed by atoms with Gasteiger partial charge in [-0.25, -0.2) is 0 Å². The number of thiocarbonyl (C=S) groups is 1. The van der Waals surface area contributed by atoms with Crippen LogP contribution in [0, 0.1) is 6.92 Å². The quantitative estimate of drug-likeness (QED) is 0.423. The van der Waals surface area contributed by atoms with Gasteiger partial charge in [0, 0.05) is 10.6 Å².